The van der Waals surface area contributed by atoms with Crippen LogP contribution in [0.4, 0.5) is 18.9 Å². The maximum atomic E-state index is 14.4. The Bertz CT molecular complexity index is 1550. The number of nitriles is 1. The zero-order chi connectivity index (χ0) is 31.7. The molecule has 2 saturated heterocycles. The summed E-state index contributed by atoms with van der Waals surface area (Å²) in [5.41, 5.74) is 0.0817. The second-order valence-electron chi connectivity index (χ2n) is 10.3. The molecule has 5 unspecified atom stereocenters. The normalized spacial score (nSPS) is 27.1. The van der Waals surface area contributed by atoms with Crippen LogP contribution < -0.4 is 4.90 Å². The van der Waals surface area contributed by atoms with E-state index in [0.29, 0.717) is 0 Å². The molecule has 0 radical (unpaired) electrons. The molecule has 0 bridgehead atoms. The van der Waals surface area contributed by atoms with E-state index >= 15 is 0 Å². The number of carbonyl (C=O) groups excluding carboxylic acids is 1. The van der Waals surface area contributed by atoms with E-state index in [2.05, 4.69) is 10.3 Å². The number of ether oxygens (including phenoxy) is 3. The van der Waals surface area contributed by atoms with Crippen molar-refractivity contribution in [3.63, 3.8) is 0 Å². The van der Waals surface area contributed by atoms with Crippen LogP contribution in [0.2, 0.25) is 5.02 Å². The molecule has 0 saturated carbocycles. The highest BCUT2D eigenvalue weighted by Gasteiger charge is 2.52. The maximum Gasteiger partial charge on any atom is 0.259 e. The molecule has 2 aliphatic heterocycles. The lowest BCUT2D eigenvalue weighted by molar-refractivity contribution is -0.211. The number of methoxy groups -OCH3 is 1. The number of aliphatic hydroxyl groups is 3. The Morgan fingerprint density at radius 3 is 2.59 bits per heavy atom. The fourth-order valence-corrected chi connectivity index (χ4v) is 5.76. The van der Waals surface area contributed by atoms with E-state index in [-0.39, 0.29) is 47.2 Å². The first kappa shape index (κ1) is 31.8. The van der Waals surface area contributed by atoms with Gasteiger partial charge in [-0.3, -0.25) is 4.79 Å². The number of aliphatic hydroxyl groups excluding tert-OH is 3. The number of hydrogen-bond acceptors (Lipinski definition) is 10. The topological polar surface area (TPSA) is 163 Å². The van der Waals surface area contributed by atoms with Crippen LogP contribution in [0.3, 0.4) is 0 Å². The predicted octanol–water partition coefficient (Wildman–Crippen LogP) is 1.75. The summed E-state index contributed by atoms with van der Waals surface area (Å²) in [5, 5.41) is 49.6. The number of carbonyl (C=O) groups is 1. The van der Waals surface area contributed by atoms with Gasteiger partial charge in [0.2, 0.25) is 0 Å². The molecule has 2 aliphatic rings. The molecule has 3 heterocycles. The van der Waals surface area contributed by atoms with Gasteiger partial charge >= 0.3 is 0 Å². The van der Waals surface area contributed by atoms with Crippen LogP contribution in [0, 0.1) is 28.8 Å². The summed E-state index contributed by atoms with van der Waals surface area (Å²) in [5.74, 6) is -5.31. The van der Waals surface area contributed by atoms with Crippen molar-refractivity contribution >= 4 is 23.2 Å². The Morgan fingerprint density at radius 1 is 1.23 bits per heavy atom. The van der Waals surface area contributed by atoms with Gasteiger partial charge in [-0.15, -0.1) is 5.10 Å². The number of hydrogen-bond donors (Lipinski definition) is 3. The van der Waals surface area contributed by atoms with E-state index in [9.17, 15) is 38.5 Å². The first-order valence-corrected chi connectivity index (χ1v) is 13.8. The lowest BCUT2D eigenvalue weighted by Gasteiger charge is -2.46. The standard InChI is InChI=1S/C28H27ClF3N5O7/c1-42-26-24(36-10-19(34-35-36)14-6-17(30)23(32)18(31)7-14)25(40)22(11-38)44-27(26)28(41)37(20-2-3-43-12-21(20)39)16-5-13(9-33)4-15(29)8-16/h4-8,10,20-22,24-27,38-40H,2-3,11-12H2,1H3/t20-,21-,22?,24?,25?,26?,27?/m0/s1. The molecule has 12 nitrogen and oxygen atoms in total. The van der Waals surface area contributed by atoms with E-state index < -0.39 is 72.6 Å². The average Bonchev–Trinajstić information content (AvgIpc) is 3.50. The Morgan fingerprint density at radius 2 is 1.95 bits per heavy atom. The Labute approximate surface area is 253 Å². The largest absolute Gasteiger partial charge is 0.394 e. The van der Waals surface area contributed by atoms with Crippen LogP contribution in [0.5, 0.6) is 0 Å². The molecular weight excluding hydrogens is 611 g/mol. The number of nitrogens with zero attached hydrogens (tertiary/aromatic N) is 5. The van der Waals surface area contributed by atoms with Gasteiger partial charge in [-0.05, 0) is 36.8 Å². The molecule has 0 spiro atoms. The number of halogens is 4. The molecule has 3 aromatic rings. The van der Waals surface area contributed by atoms with Crippen LogP contribution in [0.25, 0.3) is 11.3 Å². The van der Waals surface area contributed by atoms with Crippen molar-refractivity contribution in [2.45, 2.75) is 49.0 Å². The minimum Gasteiger partial charge on any atom is -0.394 e. The summed E-state index contributed by atoms with van der Waals surface area (Å²) in [6.07, 6.45) is -5.41. The quantitative estimate of drug-likeness (QED) is 0.325. The number of benzene rings is 2. The van der Waals surface area contributed by atoms with Gasteiger partial charge in [-0.25, -0.2) is 17.9 Å². The fraction of sp³-hybridized carbons (Fsp3) is 0.429. The molecule has 5 rings (SSSR count). The predicted molar refractivity (Wildman–Crippen MR) is 146 cm³/mol. The summed E-state index contributed by atoms with van der Waals surface area (Å²) in [6.45, 7) is -0.598. The number of aromatic nitrogens is 3. The van der Waals surface area contributed by atoms with E-state index in [1.54, 1.807) is 0 Å². The first-order valence-electron chi connectivity index (χ1n) is 13.4. The molecule has 1 amide bonds. The van der Waals surface area contributed by atoms with E-state index in [4.69, 9.17) is 25.8 Å². The van der Waals surface area contributed by atoms with Crippen molar-refractivity contribution < 1.29 is 47.5 Å². The third-order valence-electron chi connectivity index (χ3n) is 7.63. The molecule has 3 N–H and O–H groups in total. The van der Waals surface area contributed by atoms with E-state index in [0.717, 1.165) is 16.8 Å². The number of amides is 1. The van der Waals surface area contributed by atoms with Crippen molar-refractivity contribution in [3.8, 4) is 17.3 Å². The van der Waals surface area contributed by atoms with Crippen LogP contribution in [-0.4, -0.2) is 99.7 Å². The van der Waals surface area contributed by atoms with Gasteiger partial charge in [0.05, 0.1) is 43.2 Å². The Kier molecular flexibility index (Phi) is 9.51. The van der Waals surface area contributed by atoms with Crippen molar-refractivity contribution in [2.75, 3.05) is 31.8 Å². The van der Waals surface area contributed by atoms with Crippen molar-refractivity contribution in [1.82, 2.24) is 15.0 Å². The van der Waals surface area contributed by atoms with Crippen LogP contribution in [-0.2, 0) is 19.0 Å². The Balaban J connectivity index is 1.56. The molecular formula is C28H27ClF3N5O7. The molecule has 234 valence electrons. The average molecular weight is 638 g/mol. The van der Waals surface area contributed by atoms with Gasteiger partial charge in [0, 0.05) is 30.0 Å². The summed E-state index contributed by atoms with van der Waals surface area (Å²) in [7, 11) is 1.25. The molecule has 2 fully saturated rings. The molecule has 16 heteroatoms. The van der Waals surface area contributed by atoms with E-state index in [1.165, 1.54) is 36.4 Å². The second kappa shape index (κ2) is 13.2. The summed E-state index contributed by atoms with van der Waals surface area (Å²) in [6, 6.07) is 5.58. The zero-order valence-corrected chi connectivity index (χ0v) is 23.8. The van der Waals surface area contributed by atoms with Crippen LogP contribution >= 0.6 is 11.6 Å². The third kappa shape index (κ3) is 6.02. The van der Waals surface area contributed by atoms with E-state index in [1.807, 2.05) is 6.07 Å². The second-order valence-corrected chi connectivity index (χ2v) is 10.7. The van der Waals surface area contributed by atoms with Crippen LogP contribution in [0.1, 0.15) is 18.0 Å². The minimum atomic E-state index is -1.66. The summed E-state index contributed by atoms with van der Waals surface area (Å²) in [4.78, 5) is 15.7. The maximum absolute atomic E-state index is 14.4. The highest BCUT2D eigenvalue weighted by atomic mass is 35.5. The number of rotatable bonds is 7. The summed E-state index contributed by atoms with van der Waals surface area (Å²) < 4.78 is 59.3. The smallest absolute Gasteiger partial charge is 0.259 e. The lowest BCUT2D eigenvalue weighted by atomic mass is 9.90. The van der Waals surface area contributed by atoms with Crippen LogP contribution in [0.15, 0.2) is 36.5 Å². The highest BCUT2D eigenvalue weighted by Crippen LogP contribution is 2.36. The van der Waals surface area contributed by atoms with Gasteiger partial charge < -0.3 is 34.4 Å². The lowest BCUT2D eigenvalue weighted by Crippen LogP contribution is -2.63. The fourth-order valence-electron chi connectivity index (χ4n) is 5.53. The molecule has 44 heavy (non-hydrogen) atoms. The van der Waals surface area contributed by atoms with Crippen molar-refractivity contribution in [3.05, 3.63) is 64.6 Å². The molecule has 7 atom stereocenters. The van der Waals surface area contributed by atoms with Gasteiger partial charge in [-0.2, -0.15) is 5.26 Å². The number of anilines is 1. The van der Waals surface area contributed by atoms with Crippen molar-refractivity contribution in [1.29, 1.82) is 5.26 Å². The highest BCUT2D eigenvalue weighted by molar-refractivity contribution is 6.31. The monoisotopic (exact) mass is 637 g/mol. The first-order chi connectivity index (χ1) is 21.1. The van der Waals surface area contributed by atoms with Gasteiger partial charge in [0.1, 0.15) is 30.0 Å². The van der Waals surface area contributed by atoms with Gasteiger partial charge in [0.25, 0.3) is 5.91 Å². The molecule has 1 aromatic heterocycles. The summed E-state index contributed by atoms with van der Waals surface area (Å²) >= 11 is 6.26. The Hall–Kier alpha value is -3.62. The van der Waals surface area contributed by atoms with Crippen molar-refractivity contribution in [2.24, 2.45) is 0 Å². The minimum absolute atomic E-state index is 0.0771. The van der Waals surface area contributed by atoms with Gasteiger partial charge in [0.15, 0.2) is 23.6 Å². The van der Waals surface area contributed by atoms with Gasteiger partial charge in [-0.1, -0.05) is 16.8 Å². The molecule has 2 aromatic carbocycles. The molecule has 0 aliphatic carbocycles. The third-order valence-corrected chi connectivity index (χ3v) is 7.85. The zero-order valence-electron chi connectivity index (χ0n) is 23.1. The SMILES string of the molecule is COC1C(C(=O)N(c2cc(Cl)cc(C#N)c2)[C@H]2CCOC[C@@H]2O)OC(CO)C(O)C1n1cc(-c2cc(F)c(F)c(F)c2)nn1.